The Hall–Kier alpha value is -2.38. The first kappa shape index (κ1) is 28.2. The molecule has 36 heavy (non-hydrogen) atoms. The van der Waals surface area contributed by atoms with Crippen LogP contribution in [0.4, 0.5) is 4.39 Å². The number of aromatic nitrogens is 2. The highest BCUT2D eigenvalue weighted by Crippen LogP contribution is 2.44. The molecule has 0 spiro atoms. The normalized spacial score (nSPS) is 25.9. The molecule has 1 aliphatic rings. The summed E-state index contributed by atoms with van der Waals surface area (Å²) in [6.45, 7) is 2.25. The zero-order chi connectivity index (χ0) is 26.8. The molecule has 12 nitrogen and oxygen atoms in total. The summed E-state index contributed by atoms with van der Waals surface area (Å²) in [5.41, 5.74) is -4.35. The van der Waals surface area contributed by atoms with Gasteiger partial charge in [0, 0.05) is 17.3 Å². The fourth-order valence-corrected chi connectivity index (χ4v) is 4.53. The van der Waals surface area contributed by atoms with Gasteiger partial charge in [0.25, 0.3) is 11.8 Å². The summed E-state index contributed by atoms with van der Waals surface area (Å²) in [5.74, 6) is -0.859. The number of methoxy groups -OCH3 is 1. The van der Waals surface area contributed by atoms with E-state index >= 15 is 4.39 Å². The van der Waals surface area contributed by atoms with Gasteiger partial charge in [0.05, 0.1) is 12.1 Å². The van der Waals surface area contributed by atoms with Crippen molar-refractivity contribution in [3.8, 4) is 5.75 Å². The maximum Gasteiger partial charge on any atom is 0.346 e. The molecule has 0 radical (unpaired) electrons. The van der Waals surface area contributed by atoms with Crippen LogP contribution in [0.1, 0.15) is 20.1 Å². The number of esters is 1. The monoisotopic (exact) mass is 567 g/mol. The number of benzene rings is 1. The molecule has 3 rings (SSSR count). The zero-order valence-corrected chi connectivity index (χ0v) is 21.4. The summed E-state index contributed by atoms with van der Waals surface area (Å²) in [6, 6.07) is 3.85. The van der Waals surface area contributed by atoms with Crippen molar-refractivity contribution in [1.82, 2.24) is 9.55 Å². The average Bonchev–Trinajstić information content (AvgIpc) is 3.03. The second-order valence-electron chi connectivity index (χ2n) is 7.79. The number of hydrogen-bond acceptors (Lipinski definition) is 10. The lowest BCUT2D eigenvalue weighted by Crippen LogP contribution is -2.46. The molecule has 2 aromatic rings. The van der Waals surface area contributed by atoms with E-state index in [1.165, 1.54) is 25.1 Å². The van der Waals surface area contributed by atoms with Crippen LogP contribution in [-0.2, 0) is 18.8 Å². The molecular formula is C20H21Cl2FN3O9P. The predicted octanol–water partition coefficient (Wildman–Crippen LogP) is 1.67. The minimum atomic E-state index is -3.00. The van der Waals surface area contributed by atoms with E-state index < -0.39 is 61.8 Å². The second kappa shape index (κ2) is 11.3. The number of rotatable bonds is 8. The minimum absolute atomic E-state index is 0.00454. The van der Waals surface area contributed by atoms with Gasteiger partial charge in [-0.15, -0.1) is 4.52 Å². The largest absolute Gasteiger partial charge is 0.583 e. The van der Waals surface area contributed by atoms with E-state index in [9.17, 15) is 24.4 Å². The highest BCUT2D eigenvalue weighted by molar-refractivity contribution is 7.33. The molecule has 16 heteroatoms. The molecule has 0 bridgehead atoms. The van der Waals surface area contributed by atoms with Crippen LogP contribution in [0.25, 0.3) is 0 Å². The van der Waals surface area contributed by atoms with Crippen molar-refractivity contribution in [2.45, 2.75) is 50.3 Å². The molecule has 1 aromatic heterocycles. The molecular weight excluding hydrogens is 547 g/mol. The van der Waals surface area contributed by atoms with Crippen molar-refractivity contribution in [3.63, 3.8) is 0 Å². The quantitative estimate of drug-likeness (QED) is 0.274. The number of aliphatic hydroxyl groups is 1. The van der Waals surface area contributed by atoms with E-state index in [2.05, 4.69) is 9.48 Å². The van der Waals surface area contributed by atoms with Crippen LogP contribution in [-0.4, -0.2) is 57.9 Å². The SMILES string of the molecule is COC(=O)C(C)/N=[P+](\[O-])OC(Oc1ccc(Cl)cc1Cl)[C@@H]1O[C@@H](n2ccc(=O)[nH]c2=O)[C@](C)(F)[C@@H]1O. The Bertz CT molecular complexity index is 1270. The Balaban J connectivity index is 1.99. The average molecular weight is 568 g/mol. The van der Waals surface area contributed by atoms with Crippen LogP contribution in [0.2, 0.25) is 10.0 Å². The van der Waals surface area contributed by atoms with Gasteiger partial charge >= 0.3 is 19.8 Å². The summed E-state index contributed by atoms with van der Waals surface area (Å²) in [6.07, 6.45) is -6.27. The van der Waals surface area contributed by atoms with Gasteiger partial charge in [-0.1, -0.05) is 27.9 Å². The Morgan fingerprint density at radius 2 is 2.08 bits per heavy atom. The predicted molar refractivity (Wildman–Crippen MR) is 124 cm³/mol. The lowest BCUT2D eigenvalue weighted by molar-refractivity contribution is -0.206. The van der Waals surface area contributed by atoms with Crippen LogP contribution >= 0.6 is 31.4 Å². The number of nitrogens with zero attached hydrogens (tertiary/aromatic N) is 2. The molecule has 0 saturated carbocycles. The molecule has 1 saturated heterocycles. The van der Waals surface area contributed by atoms with Gasteiger partial charge in [-0.05, 0) is 32.0 Å². The Kier molecular flexibility index (Phi) is 8.88. The first-order valence-electron chi connectivity index (χ1n) is 10.2. The van der Waals surface area contributed by atoms with E-state index in [-0.39, 0.29) is 15.8 Å². The van der Waals surface area contributed by atoms with Gasteiger partial charge in [0.1, 0.15) is 11.9 Å². The fraction of sp³-hybridized carbons (Fsp3) is 0.450. The maximum atomic E-state index is 15.7. The molecule has 2 heterocycles. The van der Waals surface area contributed by atoms with Crippen LogP contribution in [0, 0.1) is 0 Å². The van der Waals surface area contributed by atoms with Crippen LogP contribution in [0.3, 0.4) is 0 Å². The number of carbonyl (C=O) groups is 1. The molecule has 1 aliphatic heterocycles. The number of alkyl halides is 1. The molecule has 7 atom stereocenters. The smallest absolute Gasteiger partial charge is 0.346 e. The van der Waals surface area contributed by atoms with E-state index in [0.717, 1.165) is 30.9 Å². The molecule has 3 unspecified atom stereocenters. The topological polar surface area (TPSA) is 164 Å². The van der Waals surface area contributed by atoms with Gasteiger partial charge in [0.2, 0.25) is 0 Å². The molecule has 196 valence electrons. The Morgan fingerprint density at radius 1 is 1.39 bits per heavy atom. The first-order chi connectivity index (χ1) is 16.8. The van der Waals surface area contributed by atoms with Gasteiger partial charge in [0.15, 0.2) is 24.0 Å². The zero-order valence-electron chi connectivity index (χ0n) is 19.0. The van der Waals surface area contributed by atoms with Crippen LogP contribution < -0.4 is 20.9 Å². The maximum absolute atomic E-state index is 15.7. The number of hydrogen-bond donors (Lipinski definition) is 2. The summed E-state index contributed by atoms with van der Waals surface area (Å²) >= 11 is 12.0. The van der Waals surface area contributed by atoms with Crippen molar-refractivity contribution in [3.05, 3.63) is 61.3 Å². The summed E-state index contributed by atoms with van der Waals surface area (Å²) in [5, 5.41) is 11.0. The summed E-state index contributed by atoms with van der Waals surface area (Å²) in [7, 11) is -1.89. The highest BCUT2D eigenvalue weighted by atomic mass is 35.5. The minimum Gasteiger partial charge on any atom is -0.583 e. The number of nitrogens with one attached hydrogen (secondary N) is 1. The number of carbonyl (C=O) groups excluding carboxylic acids is 1. The second-order valence-corrected chi connectivity index (χ2v) is 9.55. The van der Waals surface area contributed by atoms with Crippen molar-refractivity contribution in [2.75, 3.05) is 7.11 Å². The van der Waals surface area contributed by atoms with E-state index in [1.54, 1.807) is 0 Å². The standard InChI is InChI=1S/C20H21Cl2FN3O9P/c1-9(16(29)32-3)25-36(31)35-17(33-12-5-4-10(21)8-11(12)22)14-15(28)20(2,23)18(34-14)26-7-6-13(27)24-19(26)30/h4-9,14-15,17-18,28H,1-3H3,(H,24,27,30)/t9?,14-,15-,17?,18-,20-/m1/s1. The van der Waals surface area contributed by atoms with E-state index in [4.69, 9.17) is 37.2 Å². The third kappa shape index (κ3) is 6.12. The van der Waals surface area contributed by atoms with Crippen molar-refractivity contribution in [1.29, 1.82) is 0 Å². The third-order valence-corrected chi connectivity index (χ3v) is 6.62. The van der Waals surface area contributed by atoms with Gasteiger partial charge < -0.3 is 24.2 Å². The van der Waals surface area contributed by atoms with Crippen LogP contribution in [0.5, 0.6) is 5.75 Å². The Labute approximate surface area is 214 Å². The fourth-order valence-electron chi connectivity index (χ4n) is 3.31. The molecule has 0 aliphatic carbocycles. The van der Waals surface area contributed by atoms with Gasteiger partial charge in [-0.25, -0.2) is 14.0 Å². The summed E-state index contributed by atoms with van der Waals surface area (Å²) < 4.78 is 41.1. The van der Waals surface area contributed by atoms with Crippen molar-refractivity contribution in [2.24, 2.45) is 4.74 Å². The van der Waals surface area contributed by atoms with Crippen LogP contribution in [0.15, 0.2) is 44.8 Å². The lowest BCUT2D eigenvalue weighted by Gasteiger charge is -2.25. The van der Waals surface area contributed by atoms with Gasteiger partial charge in [-0.3, -0.25) is 14.3 Å². The number of aromatic amines is 1. The van der Waals surface area contributed by atoms with Gasteiger partial charge in [-0.2, -0.15) is 0 Å². The number of H-pyrrole nitrogens is 1. The summed E-state index contributed by atoms with van der Waals surface area (Å²) in [4.78, 5) is 49.8. The highest BCUT2D eigenvalue weighted by Gasteiger charge is 2.59. The first-order valence-corrected chi connectivity index (χ1v) is 12.1. The molecule has 1 aromatic carbocycles. The lowest BCUT2D eigenvalue weighted by atomic mass is 9.98. The third-order valence-electron chi connectivity index (χ3n) is 5.17. The van der Waals surface area contributed by atoms with Crippen molar-refractivity contribution < 1.29 is 37.9 Å². The number of aliphatic hydroxyl groups excluding tert-OH is 1. The molecule has 1 fully saturated rings. The molecule has 0 amide bonds. The van der Waals surface area contributed by atoms with Crippen molar-refractivity contribution >= 4 is 37.3 Å². The van der Waals surface area contributed by atoms with E-state index in [1.807, 2.05) is 4.98 Å². The van der Waals surface area contributed by atoms with E-state index in [0.29, 0.717) is 0 Å². The number of ether oxygens (including phenoxy) is 3. The molecule has 2 N–H and O–H groups in total. The number of halogens is 3. The Morgan fingerprint density at radius 3 is 2.69 bits per heavy atom.